The van der Waals surface area contributed by atoms with Gasteiger partial charge in [0.1, 0.15) is 10.3 Å². The molecule has 0 amide bonds. The van der Waals surface area contributed by atoms with Gasteiger partial charge in [-0.3, -0.25) is 0 Å². The number of aromatic amines is 1. The fraction of sp³-hybridized carbons (Fsp3) is 0.250. The third-order valence-corrected chi connectivity index (χ3v) is 5.62. The smallest absolute Gasteiger partial charge is 0.178 e. The van der Waals surface area contributed by atoms with Crippen LogP contribution in [0.2, 0.25) is 0 Å². The maximum Gasteiger partial charge on any atom is 0.178 e. The van der Waals surface area contributed by atoms with Crippen molar-refractivity contribution >= 4 is 25.8 Å². The molecule has 0 spiro atoms. The van der Waals surface area contributed by atoms with Crippen LogP contribution >= 0.6 is 15.9 Å². The Labute approximate surface area is 113 Å². The second kappa shape index (κ2) is 4.20. The first-order valence-electron chi connectivity index (χ1n) is 5.63. The predicted molar refractivity (Wildman–Crippen MR) is 72.1 cm³/mol. The van der Waals surface area contributed by atoms with E-state index in [0.717, 1.165) is 27.8 Å². The molecule has 0 saturated heterocycles. The largest absolute Gasteiger partial charge is 0.339 e. The Balaban J connectivity index is 2.15. The van der Waals surface area contributed by atoms with Gasteiger partial charge in [0.2, 0.25) is 0 Å². The number of aryl methyl sites for hydroxylation is 1. The quantitative estimate of drug-likeness (QED) is 0.876. The highest BCUT2D eigenvalue weighted by Gasteiger charge is 2.23. The molecule has 0 saturated carbocycles. The molecule has 1 aliphatic heterocycles. The number of hydrogen-bond acceptors (Lipinski definition) is 3. The highest BCUT2D eigenvalue weighted by atomic mass is 79.9. The van der Waals surface area contributed by atoms with E-state index in [1.165, 1.54) is 0 Å². The highest BCUT2D eigenvalue weighted by Crippen LogP contribution is 2.31. The summed E-state index contributed by atoms with van der Waals surface area (Å²) in [5.74, 6) is 0.255. The Hall–Kier alpha value is -1.14. The van der Waals surface area contributed by atoms with E-state index in [2.05, 4.69) is 25.9 Å². The topological polar surface area (TPSA) is 62.8 Å². The maximum atomic E-state index is 11.9. The number of sulfone groups is 1. The number of benzene rings is 1. The van der Waals surface area contributed by atoms with E-state index in [9.17, 15) is 8.42 Å². The van der Waals surface area contributed by atoms with Crippen LogP contribution in [0.4, 0.5) is 0 Å². The number of H-pyrrole nitrogens is 1. The summed E-state index contributed by atoms with van der Waals surface area (Å²) < 4.78 is 24.6. The molecule has 94 valence electrons. The molecule has 0 unspecified atom stereocenters. The first-order chi connectivity index (χ1) is 8.58. The van der Waals surface area contributed by atoms with Crippen LogP contribution in [0.15, 0.2) is 34.0 Å². The van der Waals surface area contributed by atoms with Crippen molar-refractivity contribution in [2.24, 2.45) is 0 Å². The van der Waals surface area contributed by atoms with Crippen molar-refractivity contribution in [1.29, 1.82) is 0 Å². The lowest BCUT2D eigenvalue weighted by atomic mass is 10.0. The van der Waals surface area contributed by atoms with Crippen LogP contribution in [0.5, 0.6) is 0 Å². The van der Waals surface area contributed by atoms with Crippen molar-refractivity contribution in [3.05, 3.63) is 34.7 Å². The lowest BCUT2D eigenvalue weighted by Gasteiger charge is -2.16. The highest BCUT2D eigenvalue weighted by molar-refractivity contribution is 9.10. The Kier molecular flexibility index (Phi) is 2.79. The number of rotatable bonds is 1. The zero-order valence-electron chi connectivity index (χ0n) is 9.48. The van der Waals surface area contributed by atoms with Gasteiger partial charge in [-0.15, -0.1) is 0 Å². The molecule has 6 heteroatoms. The van der Waals surface area contributed by atoms with Gasteiger partial charge in [0.15, 0.2) is 9.84 Å². The molecule has 0 aliphatic carbocycles. The number of nitrogens with zero attached hydrogens (tertiary/aromatic N) is 1. The van der Waals surface area contributed by atoms with Crippen LogP contribution in [-0.4, -0.2) is 24.1 Å². The minimum Gasteiger partial charge on any atom is -0.339 e. The summed E-state index contributed by atoms with van der Waals surface area (Å²) in [6.45, 7) is 0. The van der Waals surface area contributed by atoms with Crippen molar-refractivity contribution in [2.75, 3.05) is 5.75 Å². The number of imidazole rings is 1. The summed E-state index contributed by atoms with van der Waals surface area (Å²) in [6, 6.07) is 5.43. The third kappa shape index (κ3) is 1.89. The minimum atomic E-state index is -3.08. The van der Waals surface area contributed by atoms with E-state index in [4.69, 9.17) is 0 Å². The monoisotopic (exact) mass is 326 g/mol. The van der Waals surface area contributed by atoms with Crippen LogP contribution in [0.1, 0.15) is 12.0 Å². The van der Waals surface area contributed by atoms with E-state index in [1.54, 1.807) is 12.4 Å². The van der Waals surface area contributed by atoms with Gasteiger partial charge in [-0.2, -0.15) is 0 Å². The van der Waals surface area contributed by atoms with Crippen LogP contribution in [0.25, 0.3) is 11.3 Å². The summed E-state index contributed by atoms with van der Waals surface area (Å²) in [5, 5.41) is 0. The molecule has 0 radical (unpaired) electrons. The Morgan fingerprint density at radius 2 is 2.17 bits per heavy atom. The molecule has 1 aliphatic rings. The molecule has 2 aromatic rings. The van der Waals surface area contributed by atoms with Crippen molar-refractivity contribution in [3.63, 3.8) is 0 Å². The van der Waals surface area contributed by atoms with Crippen molar-refractivity contribution in [1.82, 2.24) is 9.97 Å². The molecular weight excluding hydrogens is 316 g/mol. The second-order valence-corrected chi connectivity index (χ2v) is 7.18. The fourth-order valence-corrected chi connectivity index (χ4v) is 4.28. The third-order valence-electron chi connectivity index (χ3n) is 3.12. The number of nitrogens with one attached hydrogen (secondary N) is 1. The van der Waals surface area contributed by atoms with Gasteiger partial charge in [-0.1, -0.05) is 6.07 Å². The van der Waals surface area contributed by atoms with Crippen LogP contribution in [0, 0.1) is 0 Å². The summed E-state index contributed by atoms with van der Waals surface area (Å²) in [6.07, 6.45) is 3.11. The van der Waals surface area contributed by atoms with E-state index in [1.807, 2.05) is 12.1 Å². The number of fused-ring (bicyclic) bond motifs is 1. The van der Waals surface area contributed by atoms with Gasteiger partial charge in [0.05, 0.1) is 17.0 Å². The molecule has 3 rings (SSSR count). The summed E-state index contributed by atoms with van der Waals surface area (Å²) in [7, 11) is -3.08. The van der Waals surface area contributed by atoms with Crippen molar-refractivity contribution in [3.8, 4) is 11.3 Å². The molecule has 4 nitrogen and oxygen atoms in total. The average molecular weight is 327 g/mol. The van der Waals surface area contributed by atoms with Gasteiger partial charge >= 0.3 is 0 Å². The van der Waals surface area contributed by atoms with Gasteiger partial charge in [-0.05, 0) is 46.5 Å². The maximum absolute atomic E-state index is 11.9. The SMILES string of the molecule is O=S1(=O)CCCc2cc(-c3nc[nH]c3Br)ccc21. The molecule has 1 aromatic heterocycles. The molecule has 2 heterocycles. The first kappa shape index (κ1) is 11.9. The minimum absolute atomic E-state index is 0.255. The number of halogens is 1. The lowest BCUT2D eigenvalue weighted by molar-refractivity contribution is 0.586. The predicted octanol–water partition coefficient (Wildman–Crippen LogP) is 2.56. The molecule has 1 aromatic carbocycles. The summed E-state index contributed by atoms with van der Waals surface area (Å²) >= 11 is 3.39. The van der Waals surface area contributed by atoms with E-state index >= 15 is 0 Å². The van der Waals surface area contributed by atoms with Crippen molar-refractivity contribution in [2.45, 2.75) is 17.7 Å². The first-order valence-corrected chi connectivity index (χ1v) is 8.07. The fourth-order valence-electron chi connectivity index (χ4n) is 2.27. The zero-order chi connectivity index (χ0) is 12.8. The Bertz CT molecular complexity index is 707. The number of aromatic nitrogens is 2. The van der Waals surface area contributed by atoms with Crippen LogP contribution in [-0.2, 0) is 16.3 Å². The Morgan fingerprint density at radius 3 is 2.89 bits per heavy atom. The molecule has 0 fully saturated rings. The summed E-state index contributed by atoms with van der Waals surface area (Å²) in [4.78, 5) is 7.65. The lowest BCUT2D eigenvalue weighted by Crippen LogP contribution is -2.15. The summed E-state index contributed by atoms with van der Waals surface area (Å²) in [5.41, 5.74) is 2.63. The van der Waals surface area contributed by atoms with Gasteiger partial charge in [0.25, 0.3) is 0 Å². The molecule has 18 heavy (non-hydrogen) atoms. The van der Waals surface area contributed by atoms with E-state index in [0.29, 0.717) is 11.3 Å². The molecular formula is C12H11BrN2O2S. The van der Waals surface area contributed by atoms with Gasteiger partial charge < -0.3 is 4.98 Å². The zero-order valence-corrected chi connectivity index (χ0v) is 11.9. The van der Waals surface area contributed by atoms with E-state index in [-0.39, 0.29) is 5.75 Å². The van der Waals surface area contributed by atoms with Crippen molar-refractivity contribution < 1.29 is 8.42 Å². The molecule has 0 bridgehead atoms. The average Bonchev–Trinajstić information content (AvgIpc) is 2.74. The van der Waals surface area contributed by atoms with E-state index < -0.39 is 9.84 Å². The van der Waals surface area contributed by atoms with Gasteiger partial charge in [0, 0.05) is 5.56 Å². The normalized spacial score (nSPS) is 17.4. The molecule has 0 atom stereocenters. The number of hydrogen-bond donors (Lipinski definition) is 1. The van der Waals surface area contributed by atoms with Crippen LogP contribution in [0.3, 0.4) is 0 Å². The standard InChI is InChI=1S/C12H11BrN2O2S/c13-12-11(14-7-15-12)9-3-4-10-8(6-9)2-1-5-18(10,16)17/h3-4,6-7H,1-2,5H2,(H,14,15). The Morgan fingerprint density at radius 1 is 1.33 bits per heavy atom. The van der Waals surface area contributed by atoms with Crippen LogP contribution < -0.4 is 0 Å². The molecule has 1 N–H and O–H groups in total. The second-order valence-electron chi connectivity index (χ2n) is 4.31. The van der Waals surface area contributed by atoms with Gasteiger partial charge in [-0.25, -0.2) is 13.4 Å².